The molecule has 9 rings (SSSR count). The lowest BCUT2D eigenvalue weighted by Crippen LogP contribution is -2.41. The number of likely N-dealkylation sites (tertiary alicyclic amines) is 1. The van der Waals surface area contributed by atoms with Crippen molar-refractivity contribution in [2.24, 2.45) is 22.6 Å². The zero-order chi connectivity index (χ0) is 29.0. The van der Waals surface area contributed by atoms with E-state index in [1.807, 2.05) is 42.3 Å². The fourth-order valence-electron chi connectivity index (χ4n) is 7.29. The molecule has 2 amide bonds. The average Bonchev–Trinajstić information content (AvgIpc) is 3.23. The van der Waals surface area contributed by atoms with Crippen LogP contribution in [0.2, 0.25) is 0 Å². The second kappa shape index (κ2) is 8.90. The van der Waals surface area contributed by atoms with Gasteiger partial charge in [-0.3, -0.25) is 9.59 Å². The number of aliphatic imine (C=N–C) groups is 1. The highest BCUT2D eigenvalue weighted by atomic mass is 16.2. The van der Waals surface area contributed by atoms with Crippen LogP contribution in [0.25, 0.3) is 39.3 Å². The van der Waals surface area contributed by atoms with Crippen LogP contribution in [0.4, 0.5) is 0 Å². The topological polar surface area (TPSA) is 124 Å². The van der Waals surface area contributed by atoms with Crippen molar-refractivity contribution in [1.29, 1.82) is 0 Å². The number of hydrogen-bond donors (Lipinski definition) is 1. The van der Waals surface area contributed by atoms with Gasteiger partial charge in [-0.05, 0) is 68.7 Å². The summed E-state index contributed by atoms with van der Waals surface area (Å²) in [7, 11) is 0. The molecule has 2 bridgehead atoms. The number of aryl methyl sites for hydroxylation is 1. The number of nitrogens with two attached hydrogens (primary N) is 1. The Morgan fingerprint density at radius 3 is 2.74 bits per heavy atom. The van der Waals surface area contributed by atoms with Gasteiger partial charge in [0.15, 0.2) is 5.65 Å². The molecular weight excluding hydrogens is 540 g/mol. The quantitative estimate of drug-likeness (QED) is 0.337. The molecule has 3 fully saturated rings. The summed E-state index contributed by atoms with van der Waals surface area (Å²) in [5, 5.41) is 6.01. The number of benzene rings is 1. The van der Waals surface area contributed by atoms with E-state index in [0.29, 0.717) is 23.0 Å². The van der Waals surface area contributed by atoms with Crippen molar-refractivity contribution >= 4 is 34.7 Å². The normalized spacial score (nSPS) is 22.4. The number of hydrogen-bond acceptors (Lipinski definition) is 6. The highest BCUT2D eigenvalue weighted by molar-refractivity contribution is 6.13. The van der Waals surface area contributed by atoms with E-state index in [4.69, 9.17) is 20.8 Å². The maximum absolute atomic E-state index is 13.5. The Labute approximate surface area is 247 Å². The number of carbonyl (C=O) groups is 2. The van der Waals surface area contributed by atoms with Crippen LogP contribution < -0.4 is 5.73 Å². The van der Waals surface area contributed by atoms with Crippen LogP contribution in [-0.4, -0.2) is 65.7 Å². The van der Waals surface area contributed by atoms with Gasteiger partial charge in [-0.25, -0.2) is 19.5 Å². The van der Waals surface area contributed by atoms with Crippen LogP contribution in [0, 0.1) is 18.8 Å². The monoisotopic (exact) mass is 570 g/mol. The van der Waals surface area contributed by atoms with Gasteiger partial charge in [0.1, 0.15) is 11.3 Å². The summed E-state index contributed by atoms with van der Waals surface area (Å²) >= 11 is 0. The van der Waals surface area contributed by atoms with Crippen LogP contribution in [0.3, 0.4) is 0 Å². The van der Waals surface area contributed by atoms with Crippen LogP contribution in [0.1, 0.15) is 57.5 Å². The highest BCUT2D eigenvalue weighted by Gasteiger charge is 2.47. The van der Waals surface area contributed by atoms with E-state index in [1.54, 1.807) is 16.9 Å². The molecule has 3 atom stereocenters. The van der Waals surface area contributed by atoms with Crippen molar-refractivity contribution in [2.45, 2.75) is 51.2 Å². The standard InChI is InChI=1S/C33H30N8O2/c1-17-29(38-41-16-23(13-35-30(17)41)33(43)40-15-22-7-9-26(40)28(22)34)27-11-20-6-8-25(37-31(20)39(27)14-18-2-3-18)19-4-5-21-12-36-32(42)24(21)10-19/h4-6,8,10-13,16,18,22,26,28H,2-3,7,9,14-15,34H2,1H3/t22?,26?,28-/m1/s1. The number of aromatic nitrogens is 5. The third-order valence-corrected chi connectivity index (χ3v) is 9.89. The fraction of sp³-hybridized carbons (Fsp3) is 0.333. The molecule has 4 aliphatic rings. The summed E-state index contributed by atoms with van der Waals surface area (Å²) in [6.07, 6.45) is 9.56. The van der Waals surface area contributed by atoms with Crippen molar-refractivity contribution in [3.05, 3.63) is 71.0 Å². The van der Waals surface area contributed by atoms with Crippen molar-refractivity contribution in [3.8, 4) is 22.6 Å². The first-order valence-electron chi connectivity index (χ1n) is 15.1. The van der Waals surface area contributed by atoms with Crippen molar-refractivity contribution < 1.29 is 9.59 Å². The van der Waals surface area contributed by atoms with Crippen molar-refractivity contribution in [2.75, 3.05) is 6.54 Å². The first-order valence-corrected chi connectivity index (χ1v) is 15.1. The molecule has 0 radical (unpaired) electrons. The molecule has 2 saturated carbocycles. The third-order valence-electron chi connectivity index (χ3n) is 9.89. The molecule has 2 unspecified atom stereocenters. The molecular formula is C33H30N8O2. The minimum Gasteiger partial charge on any atom is -0.334 e. The smallest absolute Gasteiger partial charge is 0.277 e. The Balaban J connectivity index is 1.12. The lowest BCUT2D eigenvalue weighted by atomic mass is 10.0. The first-order chi connectivity index (χ1) is 20.9. The minimum absolute atomic E-state index is 0.0221. The first kappa shape index (κ1) is 24.9. The highest BCUT2D eigenvalue weighted by Crippen LogP contribution is 2.39. The maximum Gasteiger partial charge on any atom is 0.277 e. The molecule has 43 heavy (non-hydrogen) atoms. The minimum atomic E-state index is -0.214. The van der Waals surface area contributed by atoms with E-state index in [9.17, 15) is 9.59 Å². The molecule has 2 aliphatic heterocycles. The lowest BCUT2D eigenvalue weighted by Gasteiger charge is -2.27. The van der Waals surface area contributed by atoms with Gasteiger partial charge < -0.3 is 15.2 Å². The van der Waals surface area contributed by atoms with Crippen LogP contribution in [0.15, 0.2) is 53.8 Å². The third kappa shape index (κ3) is 3.75. The van der Waals surface area contributed by atoms with Gasteiger partial charge in [0.05, 0.1) is 22.5 Å². The summed E-state index contributed by atoms with van der Waals surface area (Å²) in [4.78, 5) is 41.4. The molecule has 2 aliphatic carbocycles. The van der Waals surface area contributed by atoms with Gasteiger partial charge in [-0.2, -0.15) is 5.10 Å². The number of rotatable bonds is 5. The molecule has 0 spiro atoms. The van der Waals surface area contributed by atoms with Gasteiger partial charge >= 0.3 is 0 Å². The Morgan fingerprint density at radius 1 is 1.07 bits per heavy atom. The number of fused-ring (bicyclic) bond motifs is 5. The molecule has 214 valence electrons. The van der Waals surface area contributed by atoms with Crippen molar-refractivity contribution in [3.63, 3.8) is 0 Å². The van der Waals surface area contributed by atoms with Gasteiger partial charge in [0.25, 0.3) is 11.8 Å². The van der Waals surface area contributed by atoms with E-state index in [-0.39, 0.29) is 23.9 Å². The number of amides is 2. The van der Waals surface area contributed by atoms with Gasteiger partial charge in [-0.1, -0.05) is 12.1 Å². The summed E-state index contributed by atoms with van der Waals surface area (Å²) in [6.45, 7) is 3.61. The maximum atomic E-state index is 13.5. The summed E-state index contributed by atoms with van der Waals surface area (Å²) in [5.41, 5.74) is 14.4. The molecule has 5 aromatic rings. The summed E-state index contributed by atoms with van der Waals surface area (Å²) in [6, 6.07) is 12.2. The van der Waals surface area contributed by atoms with Crippen LogP contribution in [-0.2, 0) is 6.54 Å². The van der Waals surface area contributed by atoms with Crippen molar-refractivity contribution in [1.82, 2.24) is 29.0 Å². The van der Waals surface area contributed by atoms with E-state index < -0.39 is 0 Å². The zero-order valence-corrected chi connectivity index (χ0v) is 23.8. The van der Waals surface area contributed by atoms with E-state index >= 15 is 0 Å². The fourth-order valence-corrected chi connectivity index (χ4v) is 7.29. The predicted octanol–water partition coefficient (Wildman–Crippen LogP) is 4.27. The van der Waals surface area contributed by atoms with Gasteiger partial charge in [-0.15, -0.1) is 0 Å². The largest absolute Gasteiger partial charge is 0.334 e. The molecule has 1 aromatic carbocycles. The van der Waals surface area contributed by atoms with Crippen LogP contribution in [0.5, 0.6) is 0 Å². The second-order valence-corrected chi connectivity index (χ2v) is 12.6. The van der Waals surface area contributed by atoms with Crippen LogP contribution >= 0.6 is 0 Å². The Kier molecular flexibility index (Phi) is 5.15. The summed E-state index contributed by atoms with van der Waals surface area (Å²) < 4.78 is 4.02. The number of nitrogens with zero attached hydrogens (tertiary/aromatic N) is 7. The number of piperidine rings is 1. The zero-order valence-electron chi connectivity index (χ0n) is 23.8. The van der Waals surface area contributed by atoms with E-state index in [2.05, 4.69) is 21.7 Å². The lowest BCUT2D eigenvalue weighted by molar-refractivity contribution is 0.0699. The molecule has 1 saturated heterocycles. The predicted molar refractivity (Wildman–Crippen MR) is 162 cm³/mol. The Hall–Kier alpha value is -4.70. The molecule has 10 nitrogen and oxygen atoms in total. The molecule has 4 aromatic heterocycles. The molecule has 6 heterocycles. The SMILES string of the molecule is Cc1c(-c2cc3ccc(-c4ccc5c(c4)C(=O)N=C5)nc3n2CC2CC2)nn2cc(C(=O)N3CC4CCC3[C@@H]4N)cnc12. The molecule has 2 N–H and O–H groups in total. The second-order valence-electron chi connectivity index (χ2n) is 12.6. The van der Waals surface area contributed by atoms with E-state index in [0.717, 1.165) is 76.4 Å². The number of pyridine rings is 1. The number of carbonyl (C=O) groups excluding carboxylic acids is 2. The van der Waals surface area contributed by atoms with E-state index in [1.165, 1.54) is 12.8 Å². The Bertz CT molecular complexity index is 2050. The average molecular weight is 571 g/mol. The Morgan fingerprint density at radius 2 is 1.95 bits per heavy atom. The summed E-state index contributed by atoms with van der Waals surface area (Å²) in [5.74, 6) is 0.767. The molecule has 10 heteroatoms. The van der Waals surface area contributed by atoms with Gasteiger partial charge in [0.2, 0.25) is 0 Å². The van der Waals surface area contributed by atoms with Gasteiger partial charge in [0, 0.05) is 65.9 Å².